The maximum Gasteiger partial charge on any atom is 0.338 e. The lowest BCUT2D eigenvalue weighted by atomic mass is 9.79. The van der Waals surface area contributed by atoms with E-state index < -0.39 is 66.8 Å². The number of nitrogens with zero attached hydrogens (tertiary/aromatic N) is 4. The number of rotatable bonds is 11. The SMILES string of the molecule is CC(C)(C)[Si](C)(C)OC[C@H]1O[C@H](Sc2cccnc2Br)[C@@](O)(C(=O)c2ccccc2)[C@@H](n2cc(-c3cc(F)c(F)c(F)c3)nn2)[C@H]1OC(=O)c1ccccc1. The number of esters is 1. The molecule has 6 rings (SSSR count). The Morgan fingerprint density at radius 3 is 2.20 bits per heavy atom. The molecule has 10 nitrogen and oxygen atoms in total. The Morgan fingerprint density at radius 1 is 0.982 bits per heavy atom. The van der Waals surface area contributed by atoms with Crippen LogP contribution >= 0.6 is 27.7 Å². The second-order valence-corrected chi connectivity index (χ2v) is 21.2. The fourth-order valence-electron chi connectivity index (χ4n) is 5.84. The Balaban J connectivity index is 1.57. The summed E-state index contributed by atoms with van der Waals surface area (Å²) in [5.41, 5.74) is -4.05. The van der Waals surface area contributed by atoms with Crippen molar-refractivity contribution in [1.29, 1.82) is 0 Å². The number of Topliss-reactive ketones (excluding diaryl/α,β-unsaturated/α-hetero) is 1. The lowest BCUT2D eigenvalue weighted by molar-refractivity contribution is -0.205. The number of thioether (sulfide) groups is 1. The highest BCUT2D eigenvalue weighted by Gasteiger charge is 2.63. The van der Waals surface area contributed by atoms with E-state index in [0.717, 1.165) is 28.6 Å². The van der Waals surface area contributed by atoms with E-state index in [1.54, 1.807) is 66.9 Å². The van der Waals surface area contributed by atoms with Crippen LogP contribution in [0.1, 0.15) is 47.5 Å². The van der Waals surface area contributed by atoms with Crippen molar-refractivity contribution in [1.82, 2.24) is 20.0 Å². The van der Waals surface area contributed by atoms with Crippen molar-refractivity contribution in [3.8, 4) is 11.3 Å². The van der Waals surface area contributed by atoms with Gasteiger partial charge in [-0.1, -0.05) is 86.3 Å². The number of aliphatic hydroxyl groups is 1. The number of ketones is 1. The molecule has 0 radical (unpaired) electrons. The molecule has 0 bridgehead atoms. The summed E-state index contributed by atoms with van der Waals surface area (Å²) in [5, 5.41) is 21.4. The number of hydrogen-bond donors (Lipinski definition) is 1. The first-order chi connectivity index (χ1) is 26.0. The van der Waals surface area contributed by atoms with Gasteiger partial charge in [0.2, 0.25) is 0 Å². The monoisotopic (exact) mass is 854 g/mol. The van der Waals surface area contributed by atoms with Gasteiger partial charge in [0.15, 0.2) is 43.3 Å². The van der Waals surface area contributed by atoms with Crippen LogP contribution in [0.15, 0.2) is 107 Å². The zero-order valence-corrected chi connectivity index (χ0v) is 33.9. The third kappa shape index (κ3) is 8.34. The summed E-state index contributed by atoms with van der Waals surface area (Å²) >= 11 is 4.45. The third-order valence-corrected chi connectivity index (χ3v) is 16.5. The van der Waals surface area contributed by atoms with Gasteiger partial charge in [-0.05, 0) is 70.5 Å². The Bertz CT molecular complexity index is 2150. The molecule has 55 heavy (non-hydrogen) atoms. The Hall–Kier alpha value is -4.19. The molecule has 0 amide bonds. The largest absolute Gasteiger partial charge is 0.453 e. The first-order valence-corrected chi connectivity index (χ1v) is 21.8. The molecule has 2 aromatic heterocycles. The van der Waals surface area contributed by atoms with Gasteiger partial charge in [-0.15, -0.1) is 5.10 Å². The number of halogens is 4. The molecule has 0 spiro atoms. The number of carbonyl (C=O) groups excluding carboxylic acids is 2. The van der Waals surface area contributed by atoms with Crippen molar-refractivity contribution in [2.24, 2.45) is 0 Å². The maximum atomic E-state index is 14.9. The zero-order chi connectivity index (χ0) is 39.7. The fourth-order valence-corrected chi connectivity index (χ4v) is 8.54. The standard InChI is InChI=1S/C39H38BrF3N4O6SSi/c1-38(2,3)55(4,5)51-22-29-32(53-36(49)24-15-10-7-11-16-24)33(47-21-28(45-46-47)25-19-26(41)31(43)27(42)20-25)39(50,34(48)23-13-8-6-9-14-23)37(52-29)54-30-17-12-18-44-35(30)40/h6-21,29,32-33,37,50H,22H2,1-5H3/t29-,32+,33+,37-,39+/m1/s1. The van der Waals surface area contributed by atoms with Gasteiger partial charge >= 0.3 is 5.97 Å². The molecule has 1 aliphatic heterocycles. The number of benzene rings is 3. The summed E-state index contributed by atoms with van der Waals surface area (Å²) in [5.74, 6) is -6.18. The first-order valence-electron chi connectivity index (χ1n) is 17.2. The summed E-state index contributed by atoms with van der Waals surface area (Å²) < 4.78 is 63.9. The predicted molar refractivity (Wildman–Crippen MR) is 205 cm³/mol. The van der Waals surface area contributed by atoms with E-state index in [1.807, 2.05) is 13.1 Å². The van der Waals surface area contributed by atoms with Crippen LogP contribution in [0.3, 0.4) is 0 Å². The normalized spacial score (nSPS) is 21.6. The average molecular weight is 856 g/mol. The minimum absolute atomic E-state index is 0.0987. The summed E-state index contributed by atoms with van der Waals surface area (Å²) in [6, 6.07) is 19.4. The topological polar surface area (TPSA) is 126 Å². The van der Waals surface area contributed by atoms with Crippen molar-refractivity contribution in [3.63, 3.8) is 0 Å². The molecule has 288 valence electrons. The quantitative estimate of drug-likeness (QED) is 0.0455. The van der Waals surface area contributed by atoms with E-state index in [4.69, 9.17) is 13.9 Å². The van der Waals surface area contributed by atoms with Gasteiger partial charge in [0.05, 0.1) is 18.4 Å². The molecule has 3 heterocycles. The molecule has 1 aliphatic rings. The lowest BCUT2D eigenvalue weighted by Crippen LogP contribution is -2.67. The molecule has 16 heteroatoms. The highest BCUT2D eigenvalue weighted by Crippen LogP contribution is 2.49. The molecular weight excluding hydrogens is 818 g/mol. The van der Waals surface area contributed by atoms with Crippen LogP contribution in [0.25, 0.3) is 11.3 Å². The van der Waals surface area contributed by atoms with Crippen molar-refractivity contribution in [3.05, 3.63) is 131 Å². The van der Waals surface area contributed by atoms with Gasteiger partial charge in [0, 0.05) is 22.2 Å². The van der Waals surface area contributed by atoms with E-state index in [2.05, 4.69) is 52.0 Å². The molecule has 0 aliphatic carbocycles. The summed E-state index contributed by atoms with van der Waals surface area (Å²) in [6.07, 6.45) is 0.187. The number of hydrogen-bond acceptors (Lipinski definition) is 10. The van der Waals surface area contributed by atoms with E-state index in [1.165, 1.54) is 18.3 Å². The smallest absolute Gasteiger partial charge is 0.338 e. The van der Waals surface area contributed by atoms with Crippen molar-refractivity contribution in [2.45, 2.75) is 73.1 Å². The second-order valence-electron chi connectivity index (χ2n) is 14.5. The van der Waals surface area contributed by atoms with Crippen molar-refractivity contribution < 1.29 is 41.8 Å². The molecule has 1 N–H and O–H groups in total. The van der Waals surface area contributed by atoms with Gasteiger partial charge in [0.1, 0.15) is 27.9 Å². The van der Waals surface area contributed by atoms with Gasteiger partial charge in [-0.2, -0.15) is 0 Å². The molecule has 5 atom stereocenters. The minimum Gasteiger partial charge on any atom is -0.453 e. The van der Waals surface area contributed by atoms with Crippen molar-refractivity contribution >= 4 is 47.8 Å². The number of carbonyl (C=O) groups is 2. The lowest BCUT2D eigenvalue weighted by Gasteiger charge is -2.50. The Labute approximate surface area is 329 Å². The number of aromatic nitrogens is 4. The molecule has 0 unspecified atom stereocenters. The van der Waals surface area contributed by atoms with Gasteiger partial charge in [0.25, 0.3) is 0 Å². The van der Waals surface area contributed by atoms with Crippen LogP contribution in [0.2, 0.25) is 18.1 Å². The molecule has 0 saturated carbocycles. The average Bonchev–Trinajstić information content (AvgIpc) is 3.64. The van der Waals surface area contributed by atoms with Gasteiger partial charge < -0.3 is 19.0 Å². The van der Waals surface area contributed by atoms with Crippen LogP contribution in [-0.4, -0.2) is 75.0 Å². The third-order valence-electron chi connectivity index (χ3n) is 9.89. The summed E-state index contributed by atoms with van der Waals surface area (Å²) in [7, 11) is -2.50. The molecule has 5 aromatic rings. The number of pyridine rings is 1. The Kier molecular flexibility index (Phi) is 11.9. The van der Waals surface area contributed by atoms with E-state index in [9.17, 15) is 27.9 Å². The predicted octanol–water partition coefficient (Wildman–Crippen LogP) is 8.44. The van der Waals surface area contributed by atoms with E-state index in [0.29, 0.717) is 9.50 Å². The molecular formula is C39H38BrF3N4O6SSi. The fraction of sp³-hybridized carbons (Fsp3) is 0.308. The van der Waals surface area contributed by atoms with Crippen LogP contribution in [0, 0.1) is 17.5 Å². The van der Waals surface area contributed by atoms with Crippen LogP contribution in [0.5, 0.6) is 0 Å². The van der Waals surface area contributed by atoms with Crippen LogP contribution in [-0.2, 0) is 13.9 Å². The molecule has 3 aromatic carbocycles. The minimum atomic E-state index is -2.60. The van der Waals surface area contributed by atoms with Gasteiger partial charge in [-0.3, -0.25) is 4.79 Å². The number of ether oxygens (including phenoxy) is 2. The maximum absolute atomic E-state index is 14.9. The van der Waals surface area contributed by atoms with Crippen LogP contribution in [0.4, 0.5) is 13.2 Å². The summed E-state index contributed by atoms with van der Waals surface area (Å²) in [6.45, 7) is 10.1. The van der Waals surface area contributed by atoms with E-state index >= 15 is 0 Å². The van der Waals surface area contributed by atoms with Crippen LogP contribution < -0.4 is 0 Å². The zero-order valence-electron chi connectivity index (χ0n) is 30.5. The first kappa shape index (κ1) is 40.5. The highest BCUT2D eigenvalue weighted by atomic mass is 79.9. The highest BCUT2D eigenvalue weighted by molar-refractivity contribution is 9.10. The van der Waals surface area contributed by atoms with Crippen molar-refractivity contribution in [2.75, 3.05) is 6.61 Å². The molecule has 1 saturated heterocycles. The summed E-state index contributed by atoms with van der Waals surface area (Å²) in [4.78, 5) is 33.7. The molecule has 1 fully saturated rings. The Morgan fingerprint density at radius 2 is 1.60 bits per heavy atom. The van der Waals surface area contributed by atoms with E-state index in [-0.39, 0.29) is 34.0 Å². The second kappa shape index (κ2) is 16.1. The van der Waals surface area contributed by atoms with Gasteiger partial charge in [-0.25, -0.2) is 27.6 Å².